The number of benzene rings is 2. The Bertz CT molecular complexity index is 790. The number of halogens is 3. The SMILES string of the molecule is CC(OC(=O)CCC(=O)OCc1cccc(Oc2ccccc2)c1)C(F)(F)F. The summed E-state index contributed by atoms with van der Waals surface area (Å²) in [6.07, 6.45) is -7.72. The highest BCUT2D eigenvalue weighted by molar-refractivity contribution is 5.77. The average molecular weight is 396 g/mol. The van der Waals surface area contributed by atoms with Crippen LogP contribution in [0.2, 0.25) is 0 Å². The van der Waals surface area contributed by atoms with Crippen LogP contribution in [0, 0.1) is 0 Å². The van der Waals surface area contributed by atoms with Crippen molar-refractivity contribution in [2.75, 3.05) is 0 Å². The number of carbonyl (C=O) groups excluding carboxylic acids is 2. The summed E-state index contributed by atoms with van der Waals surface area (Å²) < 4.78 is 51.8. The van der Waals surface area contributed by atoms with E-state index in [1.54, 1.807) is 36.4 Å². The molecular formula is C20H19F3O5. The zero-order valence-electron chi connectivity index (χ0n) is 15.1. The van der Waals surface area contributed by atoms with Crippen LogP contribution in [-0.4, -0.2) is 24.2 Å². The van der Waals surface area contributed by atoms with Gasteiger partial charge in [-0.3, -0.25) is 9.59 Å². The quantitative estimate of drug-likeness (QED) is 0.600. The highest BCUT2D eigenvalue weighted by Gasteiger charge is 2.39. The van der Waals surface area contributed by atoms with Crippen molar-refractivity contribution in [3.05, 3.63) is 60.2 Å². The topological polar surface area (TPSA) is 61.8 Å². The Hall–Kier alpha value is -3.03. The minimum atomic E-state index is -4.64. The second-order valence-corrected chi connectivity index (χ2v) is 5.90. The number of para-hydroxylation sites is 1. The zero-order valence-corrected chi connectivity index (χ0v) is 15.1. The molecule has 0 spiro atoms. The van der Waals surface area contributed by atoms with Gasteiger partial charge in [-0.2, -0.15) is 13.2 Å². The van der Waals surface area contributed by atoms with Crippen LogP contribution < -0.4 is 4.74 Å². The lowest BCUT2D eigenvalue weighted by atomic mass is 10.2. The number of rotatable bonds is 8. The summed E-state index contributed by atoms with van der Waals surface area (Å²) >= 11 is 0. The normalized spacial score (nSPS) is 12.1. The smallest absolute Gasteiger partial charge is 0.425 e. The molecule has 0 aliphatic rings. The molecule has 28 heavy (non-hydrogen) atoms. The first kappa shape index (κ1) is 21.3. The Morgan fingerprint density at radius 1 is 0.929 bits per heavy atom. The number of hydrogen-bond donors (Lipinski definition) is 0. The van der Waals surface area contributed by atoms with Gasteiger partial charge in [-0.25, -0.2) is 0 Å². The minimum absolute atomic E-state index is 0.0567. The molecule has 0 fully saturated rings. The first-order chi connectivity index (χ1) is 13.2. The van der Waals surface area contributed by atoms with E-state index in [1.807, 2.05) is 18.2 Å². The van der Waals surface area contributed by atoms with Crippen LogP contribution in [-0.2, 0) is 25.7 Å². The van der Waals surface area contributed by atoms with Crippen LogP contribution in [0.15, 0.2) is 54.6 Å². The maximum Gasteiger partial charge on any atom is 0.425 e. The highest BCUT2D eigenvalue weighted by atomic mass is 19.4. The third-order valence-corrected chi connectivity index (χ3v) is 3.58. The Labute approximate surface area is 160 Å². The summed E-state index contributed by atoms with van der Waals surface area (Å²) in [5.74, 6) is -0.612. The molecule has 1 unspecified atom stereocenters. The van der Waals surface area contributed by atoms with Crippen molar-refractivity contribution in [1.29, 1.82) is 0 Å². The molecule has 5 nitrogen and oxygen atoms in total. The second-order valence-electron chi connectivity index (χ2n) is 5.90. The van der Waals surface area contributed by atoms with Gasteiger partial charge in [0.05, 0.1) is 12.8 Å². The van der Waals surface area contributed by atoms with E-state index >= 15 is 0 Å². The van der Waals surface area contributed by atoms with Gasteiger partial charge in [0.1, 0.15) is 18.1 Å². The van der Waals surface area contributed by atoms with E-state index in [1.165, 1.54) is 0 Å². The van der Waals surface area contributed by atoms with Crippen LogP contribution in [0.3, 0.4) is 0 Å². The molecule has 2 rings (SSSR count). The molecule has 1 atom stereocenters. The van der Waals surface area contributed by atoms with Crippen molar-refractivity contribution in [2.45, 2.75) is 38.7 Å². The molecule has 2 aromatic carbocycles. The molecular weight excluding hydrogens is 377 g/mol. The molecule has 0 aliphatic heterocycles. The lowest BCUT2D eigenvalue weighted by Gasteiger charge is -2.16. The fourth-order valence-electron chi connectivity index (χ4n) is 2.09. The van der Waals surface area contributed by atoms with Gasteiger partial charge in [0.15, 0.2) is 6.10 Å². The van der Waals surface area contributed by atoms with Gasteiger partial charge in [0, 0.05) is 0 Å². The van der Waals surface area contributed by atoms with E-state index < -0.39 is 30.6 Å². The first-order valence-electron chi connectivity index (χ1n) is 8.47. The minimum Gasteiger partial charge on any atom is -0.461 e. The average Bonchev–Trinajstić information content (AvgIpc) is 2.65. The van der Waals surface area contributed by atoms with Gasteiger partial charge >= 0.3 is 18.1 Å². The maximum atomic E-state index is 12.3. The Morgan fingerprint density at radius 3 is 2.25 bits per heavy atom. The molecule has 0 saturated heterocycles. The van der Waals surface area contributed by atoms with Crippen molar-refractivity contribution in [3.8, 4) is 11.5 Å². The molecule has 0 aromatic heterocycles. The predicted octanol–water partition coefficient (Wildman–Crippen LogP) is 4.80. The third kappa shape index (κ3) is 7.30. The fourth-order valence-corrected chi connectivity index (χ4v) is 2.09. The van der Waals surface area contributed by atoms with Gasteiger partial charge in [-0.15, -0.1) is 0 Å². The Balaban J connectivity index is 1.77. The van der Waals surface area contributed by atoms with E-state index in [9.17, 15) is 22.8 Å². The van der Waals surface area contributed by atoms with Crippen LogP contribution in [0.25, 0.3) is 0 Å². The third-order valence-electron chi connectivity index (χ3n) is 3.58. The summed E-state index contributed by atoms with van der Waals surface area (Å²) in [5, 5.41) is 0. The summed E-state index contributed by atoms with van der Waals surface area (Å²) in [4.78, 5) is 23.0. The lowest BCUT2D eigenvalue weighted by Crippen LogP contribution is -2.31. The molecule has 0 amide bonds. The van der Waals surface area contributed by atoms with Gasteiger partial charge < -0.3 is 14.2 Å². The first-order valence-corrected chi connectivity index (χ1v) is 8.47. The van der Waals surface area contributed by atoms with Gasteiger partial charge in [0.25, 0.3) is 0 Å². The van der Waals surface area contributed by atoms with E-state index in [-0.39, 0.29) is 13.0 Å². The van der Waals surface area contributed by atoms with Crippen molar-refractivity contribution in [2.24, 2.45) is 0 Å². The Kier molecular flexibility index (Phi) is 7.43. The number of carbonyl (C=O) groups is 2. The number of ether oxygens (including phenoxy) is 3. The maximum absolute atomic E-state index is 12.3. The molecule has 8 heteroatoms. The summed E-state index contributed by atoms with van der Waals surface area (Å²) in [6.45, 7) is 0.666. The zero-order chi connectivity index (χ0) is 20.6. The van der Waals surface area contributed by atoms with Crippen molar-refractivity contribution < 1.29 is 37.0 Å². The molecule has 0 N–H and O–H groups in total. The van der Waals surface area contributed by atoms with Gasteiger partial charge in [0.2, 0.25) is 0 Å². The summed E-state index contributed by atoms with van der Waals surface area (Å²) in [6, 6.07) is 16.0. The van der Waals surface area contributed by atoms with Crippen LogP contribution >= 0.6 is 0 Å². The standard InChI is InChI=1S/C20H19F3O5/c1-14(20(21,22)23)27-19(25)11-10-18(24)26-13-15-6-5-9-17(12-15)28-16-7-3-2-4-8-16/h2-9,12,14H,10-11,13H2,1H3. The van der Waals surface area contributed by atoms with Crippen molar-refractivity contribution >= 4 is 11.9 Å². The van der Waals surface area contributed by atoms with Crippen molar-refractivity contribution in [1.82, 2.24) is 0 Å². The van der Waals surface area contributed by atoms with Crippen LogP contribution in [0.5, 0.6) is 11.5 Å². The molecule has 0 saturated carbocycles. The lowest BCUT2D eigenvalue weighted by molar-refractivity contribution is -0.216. The van der Waals surface area contributed by atoms with Crippen LogP contribution in [0.4, 0.5) is 13.2 Å². The Morgan fingerprint density at radius 2 is 1.57 bits per heavy atom. The predicted molar refractivity (Wildman–Crippen MR) is 93.6 cm³/mol. The van der Waals surface area contributed by atoms with E-state index in [0.717, 1.165) is 6.92 Å². The monoisotopic (exact) mass is 396 g/mol. The highest BCUT2D eigenvalue weighted by Crippen LogP contribution is 2.23. The molecule has 150 valence electrons. The van der Waals surface area contributed by atoms with Gasteiger partial charge in [-0.1, -0.05) is 30.3 Å². The largest absolute Gasteiger partial charge is 0.461 e. The number of alkyl halides is 3. The summed E-state index contributed by atoms with van der Waals surface area (Å²) in [7, 11) is 0. The van der Waals surface area contributed by atoms with E-state index in [4.69, 9.17) is 9.47 Å². The van der Waals surface area contributed by atoms with E-state index in [0.29, 0.717) is 17.1 Å². The molecule has 0 heterocycles. The van der Waals surface area contributed by atoms with Crippen molar-refractivity contribution in [3.63, 3.8) is 0 Å². The fraction of sp³-hybridized carbons (Fsp3) is 0.300. The molecule has 2 aromatic rings. The van der Waals surface area contributed by atoms with E-state index in [2.05, 4.69) is 4.74 Å². The summed E-state index contributed by atoms with van der Waals surface area (Å²) in [5.41, 5.74) is 0.662. The van der Waals surface area contributed by atoms with Gasteiger partial charge in [-0.05, 0) is 36.8 Å². The van der Waals surface area contributed by atoms with Crippen LogP contribution in [0.1, 0.15) is 25.3 Å². The molecule has 0 radical (unpaired) electrons. The molecule has 0 aliphatic carbocycles. The number of esters is 2. The second kappa shape index (κ2) is 9.77. The molecule has 0 bridgehead atoms. The number of hydrogen-bond acceptors (Lipinski definition) is 5.